The van der Waals surface area contributed by atoms with Crippen molar-refractivity contribution in [3.05, 3.63) is 60.4 Å². The molecule has 0 atom stereocenters. The Morgan fingerprint density at radius 1 is 0.955 bits per heavy atom. The number of hydrogen-bond acceptors (Lipinski definition) is 4. The second-order valence-electron chi connectivity index (χ2n) is 4.63. The van der Waals surface area contributed by atoms with Crippen molar-refractivity contribution in [1.82, 2.24) is 9.97 Å². The molecule has 6 heteroatoms. The quantitative estimate of drug-likeness (QED) is 0.548. The highest BCUT2D eigenvalue weighted by atomic mass is 19.2. The summed E-state index contributed by atoms with van der Waals surface area (Å²) in [6.07, 6.45) is 1.33. The van der Waals surface area contributed by atoms with Gasteiger partial charge in [-0.2, -0.15) is 4.98 Å². The monoisotopic (exact) mass is 298 g/mol. The molecule has 4 aromatic rings. The number of ether oxygens (including phenoxy) is 1. The Morgan fingerprint density at radius 3 is 2.68 bits per heavy atom. The third-order valence-electron chi connectivity index (χ3n) is 3.23. The van der Waals surface area contributed by atoms with E-state index in [0.29, 0.717) is 16.7 Å². The van der Waals surface area contributed by atoms with E-state index in [1.165, 1.54) is 12.4 Å². The number of rotatable bonds is 2. The van der Waals surface area contributed by atoms with Crippen LogP contribution in [0.2, 0.25) is 0 Å². The molecule has 2 heterocycles. The van der Waals surface area contributed by atoms with Crippen LogP contribution >= 0.6 is 0 Å². The molecule has 0 N–H and O–H groups in total. The summed E-state index contributed by atoms with van der Waals surface area (Å²) in [5.41, 5.74) is 1.60. The Morgan fingerprint density at radius 2 is 1.82 bits per heavy atom. The van der Waals surface area contributed by atoms with Crippen molar-refractivity contribution in [3.8, 4) is 11.6 Å². The molecule has 0 aliphatic heterocycles. The SMILES string of the molecule is Fc1ccc(Oc2ncnc3c2oc2ccccc23)cc1F. The lowest BCUT2D eigenvalue weighted by atomic mass is 10.2. The molecule has 0 unspecified atom stereocenters. The first-order chi connectivity index (χ1) is 10.7. The highest BCUT2D eigenvalue weighted by molar-refractivity contribution is 6.03. The molecule has 0 bridgehead atoms. The predicted molar refractivity (Wildman–Crippen MR) is 75.7 cm³/mol. The first-order valence-electron chi connectivity index (χ1n) is 6.47. The van der Waals surface area contributed by atoms with Gasteiger partial charge in [-0.25, -0.2) is 13.8 Å². The molecule has 4 rings (SSSR count). The zero-order chi connectivity index (χ0) is 15.1. The van der Waals surface area contributed by atoms with E-state index in [-0.39, 0.29) is 11.6 Å². The minimum absolute atomic E-state index is 0.124. The van der Waals surface area contributed by atoms with Gasteiger partial charge in [-0.05, 0) is 24.3 Å². The number of nitrogens with zero attached hydrogens (tertiary/aromatic N) is 2. The van der Waals surface area contributed by atoms with Crippen LogP contribution in [0.3, 0.4) is 0 Å². The van der Waals surface area contributed by atoms with Crippen LogP contribution in [-0.2, 0) is 0 Å². The topological polar surface area (TPSA) is 48.2 Å². The fraction of sp³-hybridized carbons (Fsp3) is 0. The van der Waals surface area contributed by atoms with Crippen molar-refractivity contribution in [1.29, 1.82) is 0 Å². The molecular weight excluding hydrogens is 290 g/mol. The van der Waals surface area contributed by atoms with Crippen molar-refractivity contribution in [2.24, 2.45) is 0 Å². The summed E-state index contributed by atoms with van der Waals surface area (Å²) in [5, 5.41) is 0.829. The third-order valence-corrected chi connectivity index (χ3v) is 3.23. The fourth-order valence-corrected chi connectivity index (χ4v) is 2.23. The maximum absolute atomic E-state index is 13.3. The zero-order valence-electron chi connectivity index (χ0n) is 11.1. The first kappa shape index (κ1) is 12.7. The molecule has 0 radical (unpaired) electrons. The van der Waals surface area contributed by atoms with Crippen LogP contribution in [0, 0.1) is 11.6 Å². The summed E-state index contributed by atoms with van der Waals surface area (Å²) in [5.74, 6) is -1.66. The molecular formula is C16H8F2N2O2. The molecule has 0 spiro atoms. The van der Waals surface area contributed by atoms with Crippen molar-refractivity contribution >= 4 is 22.1 Å². The van der Waals surface area contributed by atoms with Gasteiger partial charge < -0.3 is 9.15 Å². The number of furan rings is 1. The van der Waals surface area contributed by atoms with Crippen LogP contribution in [0.25, 0.3) is 22.1 Å². The van der Waals surface area contributed by atoms with Crippen LogP contribution in [0.5, 0.6) is 11.6 Å². The lowest BCUT2D eigenvalue weighted by Gasteiger charge is -2.04. The molecule has 0 amide bonds. The molecule has 2 aromatic heterocycles. The molecule has 0 fully saturated rings. The summed E-state index contributed by atoms with van der Waals surface area (Å²) in [7, 11) is 0. The van der Waals surface area contributed by atoms with Crippen LogP contribution in [-0.4, -0.2) is 9.97 Å². The van der Waals surface area contributed by atoms with Gasteiger partial charge in [0.2, 0.25) is 5.58 Å². The lowest BCUT2D eigenvalue weighted by molar-refractivity contribution is 0.443. The zero-order valence-corrected chi connectivity index (χ0v) is 11.1. The van der Waals surface area contributed by atoms with Gasteiger partial charge in [-0.15, -0.1) is 0 Å². The Bertz CT molecular complexity index is 998. The maximum atomic E-state index is 13.3. The highest BCUT2D eigenvalue weighted by Crippen LogP contribution is 2.33. The average Bonchev–Trinajstić information content (AvgIpc) is 2.91. The smallest absolute Gasteiger partial charge is 0.267 e. The van der Waals surface area contributed by atoms with Crippen LogP contribution in [0.15, 0.2) is 53.2 Å². The lowest BCUT2D eigenvalue weighted by Crippen LogP contribution is -1.91. The van der Waals surface area contributed by atoms with E-state index in [0.717, 1.165) is 17.5 Å². The third kappa shape index (κ3) is 1.96. The molecule has 0 aliphatic carbocycles. The number of fused-ring (bicyclic) bond motifs is 3. The number of hydrogen-bond donors (Lipinski definition) is 0. The van der Waals surface area contributed by atoms with E-state index in [2.05, 4.69) is 9.97 Å². The fourth-order valence-electron chi connectivity index (χ4n) is 2.23. The van der Waals surface area contributed by atoms with Crippen LogP contribution < -0.4 is 4.74 Å². The Balaban J connectivity index is 1.86. The van der Waals surface area contributed by atoms with E-state index < -0.39 is 11.6 Å². The van der Waals surface area contributed by atoms with Crippen LogP contribution in [0.1, 0.15) is 0 Å². The second-order valence-corrected chi connectivity index (χ2v) is 4.63. The predicted octanol–water partition coefficient (Wildman–Crippen LogP) is 4.45. The van der Waals surface area contributed by atoms with Crippen LogP contribution in [0.4, 0.5) is 8.78 Å². The first-order valence-corrected chi connectivity index (χ1v) is 6.47. The average molecular weight is 298 g/mol. The second kappa shape index (κ2) is 4.77. The van der Waals surface area contributed by atoms with E-state index in [1.807, 2.05) is 18.2 Å². The van der Waals surface area contributed by atoms with Gasteiger partial charge in [0.05, 0.1) is 0 Å². The molecule has 4 nitrogen and oxygen atoms in total. The minimum atomic E-state index is -0.993. The number of benzene rings is 2. The summed E-state index contributed by atoms with van der Waals surface area (Å²) in [4.78, 5) is 8.19. The number of halogens is 2. The summed E-state index contributed by atoms with van der Waals surface area (Å²) in [6.45, 7) is 0. The van der Waals surface area contributed by atoms with Gasteiger partial charge in [-0.3, -0.25) is 0 Å². The van der Waals surface area contributed by atoms with Crippen molar-refractivity contribution in [2.75, 3.05) is 0 Å². The molecule has 0 saturated heterocycles. The van der Waals surface area contributed by atoms with E-state index in [4.69, 9.17) is 9.15 Å². The molecule has 2 aromatic carbocycles. The Kier molecular flexibility index (Phi) is 2.75. The Hall–Kier alpha value is -3.02. The minimum Gasteiger partial charge on any atom is -0.449 e. The molecule has 0 aliphatic rings. The highest BCUT2D eigenvalue weighted by Gasteiger charge is 2.15. The van der Waals surface area contributed by atoms with Gasteiger partial charge in [-0.1, -0.05) is 12.1 Å². The van der Waals surface area contributed by atoms with Gasteiger partial charge in [0.15, 0.2) is 11.6 Å². The van der Waals surface area contributed by atoms with Gasteiger partial charge in [0.1, 0.15) is 23.2 Å². The normalized spacial score (nSPS) is 11.2. The van der Waals surface area contributed by atoms with Gasteiger partial charge >= 0.3 is 0 Å². The summed E-state index contributed by atoms with van der Waals surface area (Å²) in [6, 6.07) is 10.6. The maximum Gasteiger partial charge on any atom is 0.267 e. The van der Waals surface area contributed by atoms with Crippen molar-refractivity contribution < 1.29 is 17.9 Å². The van der Waals surface area contributed by atoms with E-state index >= 15 is 0 Å². The number of aromatic nitrogens is 2. The van der Waals surface area contributed by atoms with E-state index in [1.54, 1.807) is 6.07 Å². The Labute approximate surface area is 123 Å². The van der Waals surface area contributed by atoms with Crippen molar-refractivity contribution in [3.63, 3.8) is 0 Å². The van der Waals surface area contributed by atoms with Gasteiger partial charge in [0.25, 0.3) is 5.88 Å². The standard InChI is InChI=1S/C16H8F2N2O2/c17-11-6-5-9(7-12(11)18)21-16-15-14(19-8-20-16)10-3-1-2-4-13(10)22-15/h1-8H. The molecule has 22 heavy (non-hydrogen) atoms. The van der Waals surface area contributed by atoms with E-state index in [9.17, 15) is 8.78 Å². The van der Waals surface area contributed by atoms with Crippen molar-refractivity contribution in [2.45, 2.75) is 0 Å². The number of para-hydroxylation sites is 1. The summed E-state index contributed by atoms with van der Waals surface area (Å²) >= 11 is 0. The van der Waals surface area contributed by atoms with Gasteiger partial charge in [0, 0.05) is 11.5 Å². The largest absolute Gasteiger partial charge is 0.449 e. The summed E-state index contributed by atoms with van der Waals surface area (Å²) < 4.78 is 37.4. The molecule has 108 valence electrons. The molecule has 0 saturated carbocycles.